The molecule has 0 aliphatic rings. The van der Waals surface area contributed by atoms with Gasteiger partial charge in [0.2, 0.25) is 10.0 Å². The van der Waals surface area contributed by atoms with Gasteiger partial charge in [0.05, 0.1) is 15.5 Å². The number of hydrogen-bond acceptors (Lipinski definition) is 3. The molecule has 0 unspecified atom stereocenters. The molecule has 2 aromatic rings. The Balaban J connectivity index is 2.07. The Kier molecular flexibility index (Phi) is 6.36. The minimum Gasteiger partial charge on any atom is -0.322 e. The molecule has 0 aromatic heterocycles. The summed E-state index contributed by atoms with van der Waals surface area (Å²) in [7, 11) is -3.52. The number of carbonyl (C=O) groups is 1. The van der Waals surface area contributed by atoms with E-state index in [2.05, 4.69) is 10.0 Å². The maximum absolute atomic E-state index is 12.2. The molecule has 1 amide bonds. The molecular formula is C17H19ClN2O3S. The molecule has 2 rings (SSSR count). The number of benzene rings is 2. The molecule has 0 aliphatic heterocycles. The van der Waals surface area contributed by atoms with Gasteiger partial charge in [-0.25, -0.2) is 13.1 Å². The highest BCUT2D eigenvalue weighted by Crippen LogP contribution is 2.18. The Morgan fingerprint density at radius 3 is 2.38 bits per heavy atom. The zero-order valence-corrected chi connectivity index (χ0v) is 14.8. The smallest absolute Gasteiger partial charge is 0.257 e. The lowest BCUT2D eigenvalue weighted by molar-refractivity contribution is 0.102. The summed E-state index contributed by atoms with van der Waals surface area (Å²) in [5, 5.41) is 3.05. The van der Waals surface area contributed by atoms with E-state index in [1.807, 2.05) is 6.92 Å². The van der Waals surface area contributed by atoms with Gasteiger partial charge in [-0.3, -0.25) is 4.79 Å². The first-order valence-electron chi connectivity index (χ1n) is 7.59. The first-order valence-corrected chi connectivity index (χ1v) is 9.46. The minimum absolute atomic E-state index is 0.161. The number of sulfonamides is 1. The van der Waals surface area contributed by atoms with Crippen molar-refractivity contribution in [3.05, 3.63) is 59.1 Å². The van der Waals surface area contributed by atoms with Crippen molar-refractivity contribution in [2.45, 2.75) is 24.7 Å². The summed E-state index contributed by atoms with van der Waals surface area (Å²) in [5.41, 5.74) is 0.851. The summed E-state index contributed by atoms with van der Waals surface area (Å²) in [6.45, 7) is 2.40. The first-order chi connectivity index (χ1) is 11.4. The van der Waals surface area contributed by atoms with Gasteiger partial charge in [-0.15, -0.1) is 0 Å². The van der Waals surface area contributed by atoms with Crippen LogP contribution in [0.4, 0.5) is 5.69 Å². The van der Waals surface area contributed by atoms with Crippen molar-refractivity contribution in [3.8, 4) is 0 Å². The molecule has 0 atom stereocenters. The standard InChI is InChI=1S/C17H19ClN2O3S/c1-2-3-12-19-24(22,23)14-10-8-13(9-11-14)20-17(21)15-6-4-5-7-16(15)18/h4-11,19H,2-3,12H2,1H3,(H,20,21). The third kappa shape index (κ3) is 4.80. The maximum Gasteiger partial charge on any atom is 0.257 e. The van der Waals surface area contributed by atoms with E-state index in [4.69, 9.17) is 11.6 Å². The lowest BCUT2D eigenvalue weighted by Crippen LogP contribution is -2.24. The summed E-state index contributed by atoms with van der Waals surface area (Å²) in [5.74, 6) is -0.350. The van der Waals surface area contributed by atoms with Crippen LogP contribution in [-0.4, -0.2) is 20.9 Å². The third-order valence-corrected chi connectivity index (χ3v) is 5.17. The average Bonchev–Trinajstić information content (AvgIpc) is 2.56. The zero-order valence-electron chi connectivity index (χ0n) is 13.3. The Bertz CT molecular complexity index is 805. The molecular weight excluding hydrogens is 348 g/mol. The molecule has 0 fully saturated rings. The molecule has 5 nitrogen and oxygen atoms in total. The van der Waals surface area contributed by atoms with Crippen molar-refractivity contribution in [3.63, 3.8) is 0 Å². The highest BCUT2D eigenvalue weighted by atomic mass is 35.5. The molecule has 0 saturated carbocycles. The zero-order chi connectivity index (χ0) is 17.6. The van der Waals surface area contributed by atoms with Gasteiger partial charge in [0.1, 0.15) is 0 Å². The van der Waals surface area contributed by atoms with E-state index in [1.165, 1.54) is 12.1 Å². The van der Waals surface area contributed by atoms with E-state index in [0.717, 1.165) is 12.8 Å². The predicted octanol–water partition coefficient (Wildman–Crippen LogP) is 3.67. The molecule has 2 N–H and O–H groups in total. The largest absolute Gasteiger partial charge is 0.322 e. The van der Waals surface area contributed by atoms with Gasteiger partial charge in [0, 0.05) is 12.2 Å². The van der Waals surface area contributed by atoms with Crippen LogP contribution in [0, 0.1) is 0 Å². The topological polar surface area (TPSA) is 75.3 Å². The summed E-state index contributed by atoms with van der Waals surface area (Å²) in [6.07, 6.45) is 1.70. The number of unbranched alkanes of at least 4 members (excludes halogenated alkanes) is 1. The number of amides is 1. The third-order valence-electron chi connectivity index (χ3n) is 3.36. The molecule has 0 radical (unpaired) electrons. The molecule has 7 heteroatoms. The molecule has 0 aliphatic carbocycles. The van der Waals surface area contributed by atoms with Crippen molar-refractivity contribution in [2.75, 3.05) is 11.9 Å². The summed E-state index contributed by atoms with van der Waals surface area (Å²) in [6, 6.07) is 12.7. The minimum atomic E-state index is -3.52. The van der Waals surface area contributed by atoms with E-state index in [-0.39, 0.29) is 10.8 Å². The first kappa shape index (κ1) is 18.4. The molecule has 24 heavy (non-hydrogen) atoms. The highest BCUT2D eigenvalue weighted by molar-refractivity contribution is 7.89. The van der Waals surface area contributed by atoms with E-state index >= 15 is 0 Å². The fraction of sp³-hybridized carbons (Fsp3) is 0.235. The SMILES string of the molecule is CCCCNS(=O)(=O)c1ccc(NC(=O)c2ccccc2Cl)cc1. The average molecular weight is 367 g/mol. The van der Waals surface area contributed by atoms with Gasteiger partial charge in [0.15, 0.2) is 0 Å². The van der Waals surface area contributed by atoms with Crippen LogP contribution in [0.5, 0.6) is 0 Å². The van der Waals surface area contributed by atoms with Gasteiger partial charge in [-0.05, 0) is 42.8 Å². The van der Waals surface area contributed by atoms with Crippen molar-refractivity contribution >= 4 is 33.2 Å². The Hall–Kier alpha value is -1.89. The molecule has 128 valence electrons. The van der Waals surface area contributed by atoms with Crippen LogP contribution in [0.1, 0.15) is 30.1 Å². The predicted molar refractivity (Wildman–Crippen MR) is 95.9 cm³/mol. The van der Waals surface area contributed by atoms with Crippen LogP contribution in [0.2, 0.25) is 5.02 Å². The van der Waals surface area contributed by atoms with Crippen molar-refractivity contribution in [2.24, 2.45) is 0 Å². The Morgan fingerprint density at radius 1 is 1.08 bits per heavy atom. The Labute approximate surface area is 147 Å². The van der Waals surface area contributed by atoms with Crippen LogP contribution >= 0.6 is 11.6 Å². The monoisotopic (exact) mass is 366 g/mol. The number of nitrogens with one attached hydrogen (secondary N) is 2. The summed E-state index contributed by atoms with van der Waals surface area (Å²) < 4.78 is 26.7. The molecule has 0 saturated heterocycles. The van der Waals surface area contributed by atoms with E-state index in [9.17, 15) is 13.2 Å². The summed E-state index contributed by atoms with van der Waals surface area (Å²) in [4.78, 5) is 12.3. The maximum atomic E-state index is 12.2. The second-order valence-electron chi connectivity index (χ2n) is 5.21. The normalized spacial score (nSPS) is 11.2. The fourth-order valence-electron chi connectivity index (χ4n) is 2.03. The fourth-order valence-corrected chi connectivity index (χ4v) is 3.32. The van der Waals surface area contributed by atoms with E-state index < -0.39 is 10.0 Å². The van der Waals surface area contributed by atoms with Crippen LogP contribution in [0.25, 0.3) is 0 Å². The second kappa shape index (κ2) is 8.28. The highest BCUT2D eigenvalue weighted by Gasteiger charge is 2.14. The molecule has 0 bridgehead atoms. The molecule has 0 spiro atoms. The lowest BCUT2D eigenvalue weighted by atomic mass is 10.2. The van der Waals surface area contributed by atoms with Crippen molar-refractivity contribution < 1.29 is 13.2 Å². The van der Waals surface area contributed by atoms with Crippen molar-refractivity contribution in [1.29, 1.82) is 0 Å². The van der Waals surface area contributed by atoms with Gasteiger partial charge in [0.25, 0.3) is 5.91 Å². The number of carbonyl (C=O) groups excluding carboxylic acids is 1. The van der Waals surface area contributed by atoms with Gasteiger partial charge < -0.3 is 5.32 Å². The lowest BCUT2D eigenvalue weighted by Gasteiger charge is -2.09. The summed E-state index contributed by atoms with van der Waals surface area (Å²) >= 11 is 5.98. The van der Waals surface area contributed by atoms with Crippen LogP contribution < -0.4 is 10.0 Å². The van der Waals surface area contributed by atoms with Crippen LogP contribution in [0.15, 0.2) is 53.4 Å². The number of hydrogen-bond donors (Lipinski definition) is 2. The number of halogens is 1. The van der Waals surface area contributed by atoms with Crippen LogP contribution in [-0.2, 0) is 10.0 Å². The van der Waals surface area contributed by atoms with E-state index in [0.29, 0.717) is 22.8 Å². The number of anilines is 1. The van der Waals surface area contributed by atoms with Gasteiger partial charge in [-0.2, -0.15) is 0 Å². The quantitative estimate of drug-likeness (QED) is 0.734. The number of rotatable bonds is 7. The van der Waals surface area contributed by atoms with Gasteiger partial charge in [-0.1, -0.05) is 37.1 Å². The molecule has 2 aromatic carbocycles. The van der Waals surface area contributed by atoms with Crippen molar-refractivity contribution in [1.82, 2.24) is 4.72 Å². The van der Waals surface area contributed by atoms with Crippen LogP contribution in [0.3, 0.4) is 0 Å². The Morgan fingerprint density at radius 2 is 1.75 bits per heavy atom. The molecule has 0 heterocycles. The second-order valence-corrected chi connectivity index (χ2v) is 7.38. The van der Waals surface area contributed by atoms with E-state index in [1.54, 1.807) is 36.4 Å². The van der Waals surface area contributed by atoms with Gasteiger partial charge >= 0.3 is 0 Å².